The van der Waals surface area contributed by atoms with Crippen LogP contribution in [0.5, 0.6) is 0 Å². The Balaban J connectivity index is 1.70. The average molecular weight is 233 g/mol. The molecule has 17 heavy (non-hydrogen) atoms. The monoisotopic (exact) mass is 233 g/mol. The molecule has 0 heterocycles. The molecular formula is C15H23NO. The molecule has 2 fully saturated rings. The lowest BCUT2D eigenvalue weighted by atomic mass is 9.67. The molecule has 2 nitrogen and oxygen atoms in total. The minimum absolute atomic E-state index is 0.753. The molecule has 2 aliphatic carbocycles. The van der Waals surface area contributed by atoms with E-state index >= 15 is 0 Å². The normalized spacial score (nSPS) is 32.9. The van der Waals surface area contributed by atoms with Crippen LogP contribution in [0.4, 0.5) is 0 Å². The van der Waals surface area contributed by atoms with Crippen molar-refractivity contribution >= 4 is 0 Å². The van der Waals surface area contributed by atoms with Crippen molar-refractivity contribution in [2.75, 3.05) is 6.61 Å². The number of nitrogens with zero attached hydrogens (tertiary/aromatic N) is 1. The van der Waals surface area contributed by atoms with Crippen LogP contribution in [0, 0.1) is 29.1 Å². The lowest BCUT2D eigenvalue weighted by Crippen LogP contribution is -2.27. The van der Waals surface area contributed by atoms with Gasteiger partial charge in [0.2, 0.25) is 0 Å². The number of rotatable bonds is 4. The molecule has 94 valence electrons. The van der Waals surface area contributed by atoms with Gasteiger partial charge in [0, 0.05) is 0 Å². The van der Waals surface area contributed by atoms with Crippen LogP contribution in [-0.2, 0) is 4.74 Å². The van der Waals surface area contributed by atoms with Crippen molar-refractivity contribution in [2.24, 2.45) is 17.8 Å². The number of allylic oxidation sites excluding steroid dienone is 2. The smallest absolute Gasteiger partial charge is 0.103 e. The highest BCUT2D eigenvalue weighted by molar-refractivity contribution is 5.05. The average Bonchev–Trinajstić information content (AvgIpc) is 2.29. The SMILES string of the molecule is C/C(=C/C#N)OCCC1CC2CCCC(C2)C1. The zero-order valence-electron chi connectivity index (χ0n) is 10.8. The number of ether oxygens (including phenoxy) is 1. The lowest BCUT2D eigenvalue weighted by Gasteiger charge is -2.39. The highest BCUT2D eigenvalue weighted by atomic mass is 16.5. The molecule has 0 aromatic heterocycles. The fourth-order valence-electron chi connectivity index (χ4n) is 3.62. The third kappa shape index (κ3) is 3.77. The van der Waals surface area contributed by atoms with Crippen molar-refractivity contribution < 1.29 is 4.74 Å². The molecule has 2 bridgehead atoms. The van der Waals surface area contributed by atoms with Crippen LogP contribution in [0.2, 0.25) is 0 Å². The van der Waals surface area contributed by atoms with E-state index < -0.39 is 0 Å². The molecule has 2 unspecified atom stereocenters. The lowest BCUT2D eigenvalue weighted by molar-refractivity contribution is 0.107. The summed E-state index contributed by atoms with van der Waals surface area (Å²) < 4.78 is 5.55. The zero-order chi connectivity index (χ0) is 12.1. The first-order chi connectivity index (χ1) is 8.28. The predicted molar refractivity (Wildman–Crippen MR) is 68.1 cm³/mol. The molecule has 0 aromatic carbocycles. The van der Waals surface area contributed by atoms with E-state index in [1.54, 1.807) is 0 Å². The van der Waals surface area contributed by atoms with Crippen LogP contribution >= 0.6 is 0 Å². The van der Waals surface area contributed by atoms with Crippen molar-refractivity contribution in [3.63, 3.8) is 0 Å². The van der Waals surface area contributed by atoms with Gasteiger partial charge in [0.25, 0.3) is 0 Å². The van der Waals surface area contributed by atoms with Gasteiger partial charge in [0.1, 0.15) is 5.76 Å². The summed E-state index contributed by atoms with van der Waals surface area (Å²) in [5, 5.41) is 8.49. The Morgan fingerprint density at radius 2 is 2.00 bits per heavy atom. The highest BCUT2D eigenvalue weighted by Gasteiger charge is 2.31. The molecule has 0 N–H and O–H groups in total. The second kappa shape index (κ2) is 6.10. The van der Waals surface area contributed by atoms with Gasteiger partial charge in [0.05, 0.1) is 18.8 Å². The molecule has 0 aromatic rings. The zero-order valence-corrected chi connectivity index (χ0v) is 10.8. The van der Waals surface area contributed by atoms with E-state index in [1.165, 1.54) is 51.0 Å². The molecule has 2 atom stereocenters. The Morgan fingerprint density at radius 1 is 1.29 bits per heavy atom. The maximum Gasteiger partial charge on any atom is 0.103 e. The van der Waals surface area contributed by atoms with E-state index in [-0.39, 0.29) is 0 Å². The first kappa shape index (κ1) is 12.5. The van der Waals surface area contributed by atoms with Crippen LogP contribution in [-0.4, -0.2) is 6.61 Å². The fraction of sp³-hybridized carbons (Fsp3) is 0.800. The van der Waals surface area contributed by atoms with Gasteiger partial charge in [-0.05, 0) is 50.4 Å². The van der Waals surface area contributed by atoms with Crippen LogP contribution < -0.4 is 0 Å². The Labute approximate surface area is 105 Å². The van der Waals surface area contributed by atoms with Gasteiger partial charge in [0.15, 0.2) is 0 Å². The van der Waals surface area contributed by atoms with Crippen molar-refractivity contribution in [1.29, 1.82) is 5.26 Å². The number of nitriles is 1. The maximum atomic E-state index is 8.49. The van der Waals surface area contributed by atoms with Gasteiger partial charge in [-0.25, -0.2) is 0 Å². The summed E-state index contributed by atoms with van der Waals surface area (Å²) in [6, 6.07) is 2.00. The first-order valence-electron chi connectivity index (χ1n) is 6.97. The summed E-state index contributed by atoms with van der Waals surface area (Å²) in [6.07, 6.45) is 11.4. The van der Waals surface area contributed by atoms with Crippen LogP contribution in [0.15, 0.2) is 11.8 Å². The Morgan fingerprint density at radius 3 is 2.65 bits per heavy atom. The standard InChI is InChI=1S/C15H23NO/c1-12(5-7-16)17-8-6-15-10-13-3-2-4-14(9-13)11-15/h5,13-15H,2-4,6,8-11H2,1H3/b12-5-. The van der Waals surface area contributed by atoms with Crippen molar-refractivity contribution in [2.45, 2.75) is 51.9 Å². The second-order valence-electron chi connectivity index (χ2n) is 5.76. The molecule has 0 saturated heterocycles. The van der Waals surface area contributed by atoms with E-state index in [0.29, 0.717) is 0 Å². The quantitative estimate of drug-likeness (QED) is 0.542. The molecule has 2 rings (SSSR count). The summed E-state index contributed by atoms with van der Waals surface area (Å²) in [7, 11) is 0. The molecule has 0 radical (unpaired) electrons. The van der Waals surface area contributed by atoms with Gasteiger partial charge in [-0.2, -0.15) is 5.26 Å². The maximum absolute atomic E-state index is 8.49. The number of hydrogen-bond donors (Lipinski definition) is 0. The van der Waals surface area contributed by atoms with Crippen molar-refractivity contribution in [3.8, 4) is 6.07 Å². The van der Waals surface area contributed by atoms with Crippen LogP contribution in [0.1, 0.15) is 51.9 Å². The van der Waals surface area contributed by atoms with Crippen molar-refractivity contribution in [1.82, 2.24) is 0 Å². The van der Waals surface area contributed by atoms with Gasteiger partial charge in [-0.15, -0.1) is 0 Å². The van der Waals surface area contributed by atoms with E-state index in [4.69, 9.17) is 10.00 Å². The van der Waals surface area contributed by atoms with Crippen LogP contribution in [0.3, 0.4) is 0 Å². The predicted octanol–water partition coefficient (Wildman–Crippen LogP) is 4.04. The Kier molecular flexibility index (Phi) is 4.48. The summed E-state index contributed by atoms with van der Waals surface area (Å²) in [5.41, 5.74) is 0. The Hall–Kier alpha value is -0.970. The molecule has 2 aliphatic rings. The van der Waals surface area contributed by atoms with E-state index in [0.717, 1.165) is 30.1 Å². The molecule has 2 saturated carbocycles. The highest BCUT2D eigenvalue weighted by Crippen LogP contribution is 2.43. The summed E-state index contributed by atoms with van der Waals surface area (Å²) >= 11 is 0. The summed E-state index contributed by atoms with van der Waals surface area (Å²) in [5.74, 6) is 3.63. The summed E-state index contributed by atoms with van der Waals surface area (Å²) in [4.78, 5) is 0. The molecule has 0 spiro atoms. The van der Waals surface area contributed by atoms with Crippen molar-refractivity contribution in [3.05, 3.63) is 11.8 Å². The molecule has 0 aliphatic heterocycles. The fourth-order valence-corrected chi connectivity index (χ4v) is 3.62. The third-order valence-electron chi connectivity index (χ3n) is 4.35. The second-order valence-corrected chi connectivity index (χ2v) is 5.76. The number of hydrogen-bond acceptors (Lipinski definition) is 2. The van der Waals surface area contributed by atoms with Gasteiger partial charge >= 0.3 is 0 Å². The topological polar surface area (TPSA) is 33.0 Å². The van der Waals surface area contributed by atoms with Gasteiger partial charge in [-0.1, -0.05) is 19.3 Å². The first-order valence-corrected chi connectivity index (χ1v) is 6.97. The third-order valence-corrected chi connectivity index (χ3v) is 4.35. The van der Waals surface area contributed by atoms with E-state index in [9.17, 15) is 0 Å². The van der Waals surface area contributed by atoms with Crippen LogP contribution in [0.25, 0.3) is 0 Å². The summed E-state index contributed by atoms with van der Waals surface area (Å²) in [6.45, 7) is 2.65. The van der Waals surface area contributed by atoms with Gasteiger partial charge in [-0.3, -0.25) is 0 Å². The molecule has 2 heteroatoms. The Bertz CT molecular complexity index is 303. The van der Waals surface area contributed by atoms with E-state index in [2.05, 4.69) is 0 Å². The minimum atomic E-state index is 0.753. The van der Waals surface area contributed by atoms with Gasteiger partial charge < -0.3 is 4.74 Å². The molecular weight excluding hydrogens is 210 g/mol. The minimum Gasteiger partial charge on any atom is -0.497 e. The number of fused-ring (bicyclic) bond motifs is 2. The molecule has 0 amide bonds. The van der Waals surface area contributed by atoms with E-state index in [1.807, 2.05) is 13.0 Å². The largest absolute Gasteiger partial charge is 0.497 e.